The highest BCUT2D eigenvalue weighted by molar-refractivity contribution is 5.47. The molecule has 0 amide bonds. The van der Waals surface area contributed by atoms with Gasteiger partial charge in [0, 0.05) is 19.7 Å². The fourth-order valence-corrected chi connectivity index (χ4v) is 1.25. The second-order valence-electron chi connectivity index (χ2n) is 3.53. The summed E-state index contributed by atoms with van der Waals surface area (Å²) >= 11 is 0. The summed E-state index contributed by atoms with van der Waals surface area (Å²) in [7, 11) is 1.57. The van der Waals surface area contributed by atoms with Crippen molar-refractivity contribution in [3.05, 3.63) is 22.5 Å². The summed E-state index contributed by atoms with van der Waals surface area (Å²) in [5.41, 5.74) is 0.293. The largest absolute Gasteiger partial charge is 0.352 e. The second kappa shape index (κ2) is 4.77. The van der Waals surface area contributed by atoms with Crippen LogP contribution >= 0.6 is 0 Å². The smallest absolute Gasteiger partial charge is 0.279 e. The molecule has 17 heavy (non-hydrogen) atoms. The van der Waals surface area contributed by atoms with Crippen LogP contribution < -0.4 is 10.9 Å². The number of hydrogen-bond acceptors (Lipinski definition) is 6. The number of hydrogen-bond donors (Lipinski definition) is 1. The molecule has 0 aromatic carbocycles. The van der Waals surface area contributed by atoms with Gasteiger partial charge in [-0.1, -0.05) is 6.92 Å². The zero-order valence-corrected chi connectivity index (χ0v) is 9.67. The summed E-state index contributed by atoms with van der Waals surface area (Å²) in [5, 5.41) is 10.8. The molecule has 2 rings (SSSR count). The van der Waals surface area contributed by atoms with E-state index in [-0.39, 0.29) is 5.56 Å². The van der Waals surface area contributed by atoms with Gasteiger partial charge in [-0.05, 0) is 17.6 Å². The van der Waals surface area contributed by atoms with E-state index in [4.69, 9.17) is 4.52 Å². The Labute approximate surface area is 97.5 Å². The van der Waals surface area contributed by atoms with Crippen molar-refractivity contribution in [2.45, 2.75) is 13.3 Å². The minimum absolute atomic E-state index is 0.183. The van der Waals surface area contributed by atoms with E-state index in [1.54, 1.807) is 13.1 Å². The Morgan fingerprint density at radius 3 is 3.00 bits per heavy atom. The standard InChI is InChI=1S/C10H13N5O2/c1-3-6-11-10-12-9(17-14-10)7-4-5-8(16)15(2)13-7/h4-5H,3,6H2,1-2H3,(H,11,14). The second-order valence-corrected chi connectivity index (χ2v) is 3.53. The fraction of sp³-hybridized carbons (Fsp3) is 0.400. The maximum Gasteiger partial charge on any atom is 0.279 e. The third kappa shape index (κ3) is 2.49. The van der Waals surface area contributed by atoms with Gasteiger partial charge in [0.2, 0.25) is 0 Å². The molecule has 2 aromatic rings. The van der Waals surface area contributed by atoms with E-state index in [1.165, 1.54) is 10.7 Å². The predicted octanol–water partition coefficient (Wildman–Crippen LogP) is 0.652. The lowest BCUT2D eigenvalue weighted by Gasteiger charge is -1.96. The third-order valence-electron chi connectivity index (χ3n) is 2.14. The minimum Gasteiger partial charge on any atom is -0.352 e. The maximum absolute atomic E-state index is 11.2. The van der Waals surface area contributed by atoms with Crippen molar-refractivity contribution in [1.82, 2.24) is 19.9 Å². The lowest BCUT2D eigenvalue weighted by atomic mass is 10.4. The lowest BCUT2D eigenvalue weighted by molar-refractivity contribution is 0.429. The van der Waals surface area contributed by atoms with Crippen LogP contribution in [0.5, 0.6) is 0 Å². The molecule has 0 saturated carbocycles. The molecule has 0 aliphatic carbocycles. The SMILES string of the molecule is CCCNc1noc(-c2ccc(=O)n(C)n2)n1. The van der Waals surface area contributed by atoms with Crippen LogP contribution in [0.2, 0.25) is 0 Å². The van der Waals surface area contributed by atoms with E-state index < -0.39 is 0 Å². The molecule has 0 aliphatic heterocycles. The average molecular weight is 235 g/mol. The van der Waals surface area contributed by atoms with Crippen LogP contribution in [-0.2, 0) is 7.05 Å². The molecule has 1 N–H and O–H groups in total. The summed E-state index contributed by atoms with van der Waals surface area (Å²) in [6, 6.07) is 2.96. The zero-order chi connectivity index (χ0) is 12.3. The molecule has 7 nitrogen and oxygen atoms in total. The third-order valence-corrected chi connectivity index (χ3v) is 2.14. The topological polar surface area (TPSA) is 85.8 Å². The van der Waals surface area contributed by atoms with Crippen molar-refractivity contribution in [2.75, 3.05) is 11.9 Å². The van der Waals surface area contributed by atoms with Gasteiger partial charge in [0.25, 0.3) is 17.4 Å². The minimum atomic E-state index is -0.183. The number of anilines is 1. The molecular formula is C10H13N5O2. The average Bonchev–Trinajstić information content (AvgIpc) is 2.79. The molecule has 0 bridgehead atoms. The molecular weight excluding hydrogens is 222 g/mol. The monoisotopic (exact) mass is 235 g/mol. The van der Waals surface area contributed by atoms with Crippen molar-refractivity contribution < 1.29 is 4.52 Å². The molecule has 2 aromatic heterocycles. The summed E-state index contributed by atoms with van der Waals surface area (Å²) in [6.45, 7) is 2.82. The number of aromatic nitrogens is 4. The van der Waals surface area contributed by atoms with Crippen LogP contribution in [0.25, 0.3) is 11.6 Å². The van der Waals surface area contributed by atoms with E-state index in [9.17, 15) is 4.79 Å². The Bertz CT molecular complexity index is 560. The van der Waals surface area contributed by atoms with Crippen molar-refractivity contribution >= 4 is 5.95 Å². The van der Waals surface area contributed by atoms with E-state index in [2.05, 4.69) is 20.6 Å². The molecule has 0 atom stereocenters. The van der Waals surface area contributed by atoms with Gasteiger partial charge < -0.3 is 9.84 Å². The Kier molecular flexibility index (Phi) is 3.17. The van der Waals surface area contributed by atoms with Gasteiger partial charge in [0.05, 0.1) is 0 Å². The van der Waals surface area contributed by atoms with E-state index in [1.807, 2.05) is 6.92 Å². The normalized spacial score (nSPS) is 10.5. The van der Waals surface area contributed by atoms with Crippen molar-refractivity contribution in [3.8, 4) is 11.6 Å². The molecule has 0 fully saturated rings. The Hall–Kier alpha value is -2.18. The molecule has 0 saturated heterocycles. The highest BCUT2D eigenvalue weighted by Crippen LogP contribution is 2.14. The van der Waals surface area contributed by atoms with Gasteiger partial charge in [-0.2, -0.15) is 10.1 Å². The number of nitrogens with one attached hydrogen (secondary N) is 1. The molecule has 90 valence electrons. The van der Waals surface area contributed by atoms with Gasteiger partial charge in [0.1, 0.15) is 5.69 Å². The van der Waals surface area contributed by atoms with Crippen molar-refractivity contribution in [1.29, 1.82) is 0 Å². The first-order valence-corrected chi connectivity index (χ1v) is 5.33. The molecule has 7 heteroatoms. The summed E-state index contributed by atoms with van der Waals surface area (Å²) in [5.74, 6) is 0.719. The van der Waals surface area contributed by atoms with Crippen LogP contribution in [0.15, 0.2) is 21.5 Å². The predicted molar refractivity (Wildman–Crippen MR) is 61.6 cm³/mol. The van der Waals surface area contributed by atoms with Gasteiger partial charge in [0.15, 0.2) is 0 Å². The van der Waals surface area contributed by atoms with E-state index in [0.29, 0.717) is 17.5 Å². The summed E-state index contributed by atoms with van der Waals surface area (Å²) in [6.07, 6.45) is 0.974. The molecule has 0 unspecified atom stereocenters. The van der Waals surface area contributed by atoms with E-state index >= 15 is 0 Å². The van der Waals surface area contributed by atoms with Crippen LogP contribution in [0.3, 0.4) is 0 Å². The summed E-state index contributed by atoms with van der Waals surface area (Å²) < 4.78 is 6.26. The van der Waals surface area contributed by atoms with Crippen LogP contribution in [-0.4, -0.2) is 26.5 Å². The first kappa shape index (κ1) is 11.3. The summed E-state index contributed by atoms with van der Waals surface area (Å²) in [4.78, 5) is 15.3. The quantitative estimate of drug-likeness (QED) is 0.837. The first-order chi connectivity index (χ1) is 8.20. The zero-order valence-electron chi connectivity index (χ0n) is 9.67. The lowest BCUT2D eigenvalue weighted by Crippen LogP contribution is -2.18. The highest BCUT2D eigenvalue weighted by Gasteiger charge is 2.10. The fourth-order valence-electron chi connectivity index (χ4n) is 1.25. The molecule has 0 spiro atoms. The van der Waals surface area contributed by atoms with Crippen LogP contribution in [0, 0.1) is 0 Å². The number of nitrogens with zero attached hydrogens (tertiary/aromatic N) is 4. The van der Waals surface area contributed by atoms with Crippen molar-refractivity contribution in [3.63, 3.8) is 0 Å². The van der Waals surface area contributed by atoms with Crippen LogP contribution in [0.4, 0.5) is 5.95 Å². The van der Waals surface area contributed by atoms with Crippen LogP contribution in [0.1, 0.15) is 13.3 Å². The van der Waals surface area contributed by atoms with Gasteiger partial charge in [-0.15, -0.1) is 0 Å². The number of aryl methyl sites for hydroxylation is 1. The maximum atomic E-state index is 11.2. The van der Waals surface area contributed by atoms with Gasteiger partial charge in [-0.3, -0.25) is 4.79 Å². The first-order valence-electron chi connectivity index (χ1n) is 5.33. The Morgan fingerprint density at radius 1 is 1.47 bits per heavy atom. The highest BCUT2D eigenvalue weighted by atomic mass is 16.5. The molecule has 0 radical (unpaired) electrons. The molecule has 2 heterocycles. The van der Waals surface area contributed by atoms with Gasteiger partial charge >= 0.3 is 0 Å². The number of rotatable bonds is 4. The van der Waals surface area contributed by atoms with E-state index in [0.717, 1.165) is 13.0 Å². The van der Waals surface area contributed by atoms with Crippen molar-refractivity contribution in [2.24, 2.45) is 7.05 Å². The van der Waals surface area contributed by atoms with Gasteiger partial charge in [-0.25, -0.2) is 4.68 Å². The molecule has 0 aliphatic rings. The Balaban J connectivity index is 2.24. The Morgan fingerprint density at radius 2 is 2.29 bits per heavy atom.